The van der Waals surface area contributed by atoms with Crippen LogP contribution in [0, 0.1) is 5.92 Å². The second-order valence-electron chi connectivity index (χ2n) is 5.79. The third-order valence-corrected chi connectivity index (χ3v) is 4.17. The minimum Gasteiger partial charge on any atom is -0.381 e. The predicted molar refractivity (Wildman–Crippen MR) is 79.5 cm³/mol. The molecule has 0 aliphatic carbocycles. The lowest BCUT2D eigenvalue weighted by molar-refractivity contribution is -0.139. The molecule has 2 rings (SSSR count). The standard InChI is InChI=1S/C16H21F3N2O2/c1-10(12-4-2-3-5-13(12)16(17,18)19)21-15(22)14(20)11-6-8-23-9-7-11/h2-5,10-11,14H,6-9,20H2,1H3,(H,21,22). The molecule has 0 aromatic heterocycles. The Morgan fingerprint density at radius 2 is 1.91 bits per heavy atom. The normalized spacial score (nSPS) is 19.2. The zero-order valence-electron chi connectivity index (χ0n) is 12.9. The summed E-state index contributed by atoms with van der Waals surface area (Å²) in [5.74, 6) is -0.435. The summed E-state index contributed by atoms with van der Waals surface area (Å²) in [5.41, 5.74) is 5.24. The Kier molecular flexibility index (Phi) is 5.64. The Labute approximate surface area is 133 Å². The monoisotopic (exact) mass is 330 g/mol. The van der Waals surface area contributed by atoms with Gasteiger partial charge in [0, 0.05) is 13.2 Å². The molecule has 7 heteroatoms. The van der Waals surface area contributed by atoms with Crippen LogP contribution in [0.1, 0.15) is 36.9 Å². The van der Waals surface area contributed by atoms with E-state index in [4.69, 9.17) is 10.5 Å². The quantitative estimate of drug-likeness (QED) is 0.892. The Bertz CT molecular complexity index is 542. The molecule has 23 heavy (non-hydrogen) atoms. The van der Waals surface area contributed by atoms with Crippen molar-refractivity contribution in [3.05, 3.63) is 35.4 Å². The zero-order valence-corrected chi connectivity index (χ0v) is 12.9. The molecule has 1 heterocycles. The second-order valence-corrected chi connectivity index (χ2v) is 5.79. The Balaban J connectivity index is 2.07. The first-order chi connectivity index (χ1) is 10.8. The van der Waals surface area contributed by atoms with Crippen molar-refractivity contribution in [2.24, 2.45) is 11.7 Å². The number of nitrogens with two attached hydrogens (primary N) is 1. The molecule has 1 aliphatic heterocycles. The highest BCUT2D eigenvalue weighted by Gasteiger charge is 2.35. The van der Waals surface area contributed by atoms with Gasteiger partial charge in [0.25, 0.3) is 0 Å². The Hall–Kier alpha value is -1.60. The van der Waals surface area contributed by atoms with Gasteiger partial charge >= 0.3 is 6.18 Å². The van der Waals surface area contributed by atoms with Crippen molar-refractivity contribution in [1.82, 2.24) is 5.32 Å². The summed E-state index contributed by atoms with van der Waals surface area (Å²) in [5, 5.41) is 2.60. The van der Waals surface area contributed by atoms with E-state index in [0.29, 0.717) is 26.1 Å². The molecule has 1 saturated heterocycles. The summed E-state index contributed by atoms with van der Waals surface area (Å²) in [4.78, 5) is 12.2. The van der Waals surface area contributed by atoms with E-state index >= 15 is 0 Å². The first kappa shape index (κ1) is 17.7. The van der Waals surface area contributed by atoms with Crippen LogP contribution in [0.15, 0.2) is 24.3 Å². The summed E-state index contributed by atoms with van der Waals surface area (Å²) >= 11 is 0. The topological polar surface area (TPSA) is 64.4 Å². The zero-order chi connectivity index (χ0) is 17.0. The van der Waals surface area contributed by atoms with E-state index in [1.54, 1.807) is 0 Å². The summed E-state index contributed by atoms with van der Waals surface area (Å²) in [6.45, 7) is 2.63. The van der Waals surface area contributed by atoms with Crippen LogP contribution in [-0.4, -0.2) is 25.2 Å². The fraction of sp³-hybridized carbons (Fsp3) is 0.562. The molecule has 0 bridgehead atoms. The molecule has 0 radical (unpaired) electrons. The van der Waals surface area contributed by atoms with E-state index in [0.717, 1.165) is 6.07 Å². The molecule has 128 valence electrons. The first-order valence-corrected chi connectivity index (χ1v) is 7.60. The maximum atomic E-state index is 13.0. The van der Waals surface area contributed by atoms with Crippen molar-refractivity contribution in [3.63, 3.8) is 0 Å². The van der Waals surface area contributed by atoms with Crippen LogP contribution >= 0.6 is 0 Å². The summed E-state index contributed by atoms with van der Waals surface area (Å²) in [6.07, 6.45) is -3.09. The van der Waals surface area contributed by atoms with Gasteiger partial charge < -0.3 is 15.8 Å². The molecule has 0 spiro atoms. The predicted octanol–water partition coefficient (Wildman–Crippen LogP) is 2.64. The van der Waals surface area contributed by atoms with Gasteiger partial charge in [-0.15, -0.1) is 0 Å². The highest BCUT2D eigenvalue weighted by Crippen LogP contribution is 2.34. The molecule has 1 amide bonds. The molecule has 1 aliphatic rings. The van der Waals surface area contributed by atoms with Crippen LogP contribution in [0.5, 0.6) is 0 Å². The number of benzene rings is 1. The molecular formula is C16H21F3N2O2. The van der Waals surface area contributed by atoms with E-state index in [-0.39, 0.29) is 11.5 Å². The fourth-order valence-electron chi connectivity index (χ4n) is 2.81. The number of alkyl halides is 3. The van der Waals surface area contributed by atoms with Crippen molar-refractivity contribution >= 4 is 5.91 Å². The summed E-state index contributed by atoms with van der Waals surface area (Å²) in [6, 6.07) is 3.72. The van der Waals surface area contributed by atoms with Crippen LogP contribution in [0.4, 0.5) is 13.2 Å². The third-order valence-electron chi connectivity index (χ3n) is 4.17. The van der Waals surface area contributed by atoms with Crippen LogP contribution in [0.3, 0.4) is 0 Å². The van der Waals surface area contributed by atoms with E-state index in [9.17, 15) is 18.0 Å². The van der Waals surface area contributed by atoms with Gasteiger partial charge in [-0.3, -0.25) is 4.79 Å². The number of halogens is 3. The second kappa shape index (κ2) is 7.31. The van der Waals surface area contributed by atoms with Crippen molar-refractivity contribution in [3.8, 4) is 0 Å². The maximum Gasteiger partial charge on any atom is 0.416 e. The van der Waals surface area contributed by atoms with E-state index < -0.39 is 29.7 Å². The largest absolute Gasteiger partial charge is 0.416 e. The molecule has 1 aromatic carbocycles. The van der Waals surface area contributed by atoms with Crippen molar-refractivity contribution in [2.45, 2.75) is 38.0 Å². The summed E-state index contributed by atoms with van der Waals surface area (Å²) < 4.78 is 44.4. The molecule has 2 atom stereocenters. The average molecular weight is 330 g/mol. The highest BCUT2D eigenvalue weighted by molar-refractivity contribution is 5.82. The highest BCUT2D eigenvalue weighted by atomic mass is 19.4. The van der Waals surface area contributed by atoms with Gasteiger partial charge in [0.2, 0.25) is 5.91 Å². The summed E-state index contributed by atoms with van der Waals surface area (Å²) in [7, 11) is 0. The lowest BCUT2D eigenvalue weighted by atomic mass is 9.91. The molecule has 3 N–H and O–H groups in total. The van der Waals surface area contributed by atoms with Crippen LogP contribution in [0.2, 0.25) is 0 Å². The molecule has 1 fully saturated rings. The van der Waals surface area contributed by atoms with E-state index in [1.165, 1.54) is 25.1 Å². The average Bonchev–Trinajstić information content (AvgIpc) is 2.54. The van der Waals surface area contributed by atoms with Gasteiger partial charge in [-0.1, -0.05) is 18.2 Å². The fourth-order valence-corrected chi connectivity index (χ4v) is 2.81. The van der Waals surface area contributed by atoms with Crippen LogP contribution < -0.4 is 11.1 Å². The molecular weight excluding hydrogens is 309 g/mol. The van der Waals surface area contributed by atoms with E-state index in [2.05, 4.69) is 5.32 Å². The minimum absolute atomic E-state index is 0.00573. The first-order valence-electron chi connectivity index (χ1n) is 7.60. The van der Waals surface area contributed by atoms with E-state index in [1.807, 2.05) is 0 Å². The molecule has 1 aromatic rings. The molecule has 0 saturated carbocycles. The van der Waals surface area contributed by atoms with Gasteiger partial charge in [-0.25, -0.2) is 0 Å². The van der Waals surface area contributed by atoms with Crippen LogP contribution in [-0.2, 0) is 15.7 Å². The Morgan fingerprint density at radius 3 is 2.52 bits per heavy atom. The van der Waals surface area contributed by atoms with Gasteiger partial charge in [0.15, 0.2) is 0 Å². The maximum absolute atomic E-state index is 13.0. The minimum atomic E-state index is -4.46. The van der Waals surface area contributed by atoms with Gasteiger partial charge in [-0.05, 0) is 37.3 Å². The van der Waals surface area contributed by atoms with Gasteiger partial charge in [0.1, 0.15) is 0 Å². The number of amides is 1. The van der Waals surface area contributed by atoms with Crippen molar-refractivity contribution < 1.29 is 22.7 Å². The molecule has 4 nitrogen and oxygen atoms in total. The van der Waals surface area contributed by atoms with Gasteiger partial charge in [-0.2, -0.15) is 13.2 Å². The van der Waals surface area contributed by atoms with Crippen LogP contribution in [0.25, 0.3) is 0 Å². The number of hydrogen-bond donors (Lipinski definition) is 2. The number of rotatable bonds is 4. The lowest BCUT2D eigenvalue weighted by Gasteiger charge is -2.28. The number of carbonyl (C=O) groups is 1. The Morgan fingerprint density at radius 1 is 1.30 bits per heavy atom. The van der Waals surface area contributed by atoms with Crippen molar-refractivity contribution in [2.75, 3.05) is 13.2 Å². The van der Waals surface area contributed by atoms with Gasteiger partial charge in [0.05, 0.1) is 17.6 Å². The number of hydrogen-bond acceptors (Lipinski definition) is 3. The third kappa shape index (κ3) is 4.45. The van der Waals surface area contributed by atoms with Crippen molar-refractivity contribution in [1.29, 1.82) is 0 Å². The lowest BCUT2D eigenvalue weighted by Crippen LogP contribution is -2.47. The smallest absolute Gasteiger partial charge is 0.381 e. The number of ether oxygens (including phenoxy) is 1. The number of carbonyl (C=O) groups excluding carboxylic acids is 1. The molecule has 2 unspecified atom stereocenters. The SMILES string of the molecule is CC(NC(=O)C(N)C1CCOCC1)c1ccccc1C(F)(F)F. The number of nitrogens with one attached hydrogen (secondary N) is 1.